The van der Waals surface area contributed by atoms with Gasteiger partial charge >= 0.3 is 0 Å². The Morgan fingerprint density at radius 3 is 2.67 bits per heavy atom. The van der Waals surface area contributed by atoms with Gasteiger partial charge in [0.1, 0.15) is 0 Å². The van der Waals surface area contributed by atoms with Gasteiger partial charge in [0.05, 0.1) is 11.9 Å². The number of rotatable bonds is 5. The van der Waals surface area contributed by atoms with Crippen LogP contribution in [0.2, 0.25) is 0 Å². The highest BCUT2D eigenvalue weighted by molar-refractivity contribution is 7.88. The average Bonchev–Trinajstić information content (AvgIpc) is 3.20. The highest BCUT2D eigenvalue weighted by Gasteiger charge is 2.26. The van der Waals surface area contributed by atoms with E-state index in [-0.39, 0.29) is 6.04 Å². The smallest absolute Gasteiger partial charge is 0.208 e. The van der Waals surface area contributed by atoms with Crippen LogP contribution >= 0.6 is 0 Å². The summed E-state index contributed by atoms with van der Waals surface area (Å²) in [6.45, 7) is 4.55. The summed E-state index contributed by atoms with van der Waals surface area (Å²) in [7, 11) is -3.17. The third kappa shape index (κ3) is 3.93. The van der Waals surface area contributed by atoms with Crippen molar-refractivity contribution in [3.8, 4) is 11.3 Å². The third-order valence-electron chi connectivity index (χ3n) is 5.25. The molecule has 1 fully saturated rings. The molecule has 3 aromatic rings. The van der Waals surface area contributed by atoms with E-state index >= 15 is 0 Å². The molecule has 0 spiro atoms. The van der Waals surface area contributed by atoms with E-state index in [1.54, 1.807) is 0 Å². The van der Waals surface area contributed by atoms with Gasteiger partial charge in [-0.15, -0.1) is 0 Å². The van der Waals surface area contributed by atoms with Crippen LogP contribution in [-0.4, -0.2) is 43.7 Å². The first-order chi connectivity index (χ1) is 12.9. The maximum atomic E-state index is 11.5. The number of hydrogen-bond donors (Lipinski definition) is 2. The molecule has 1 aliphatic rings. The Kier molecular flexibility index (Phi) is 4.80. The number of likely N-dealkylation sites (tertiary alicyclic amines) is 1. The fourth-order valence-corrected chi connectivity index (χ4v) is 4.83. The van der Waals surface area contributed by atoms with Crippen molar-refractivity contribution >= 4 is 20.9 Å². The van der Waals surface area contributed by atoms with Gasteiger partial charge in [0.25, 0.3) is 0 Å². The molecule has 1 atom stereocenters. The standard InChI is InChI=1S/C21H25N3O2S/c1-15-7-6-10-18-19(14-24-12-11-17(13-24)23-27(2,25)26)21(22-20(15)18)16-8-4-3-5-9-16/h3-10,17,22-23H,11-14H2,1-2H3/t17-/m1/s1. The maximum Gasteiger partial charge on any atom is 0.208 e. The molecule has 0 amide bonds. The Bertz CT molecular complexity index is 1060. The monoisotopic (exact) mass is 383 g/mol. The van der Waals surface area contributed by atoms with Gasteiger partial charge in [0, 0.05) is 36.6 Å². The number of hydrogen-bond acceptors (Lipinski definition) is 3. The van der Waals surface area contributed by atoms with Crippen LogP contribution < -0.4 is 4.72 Å². The minimum absolute atomic E-state index is 0.00730. The van der Waals surface area contributed by atoms with Crippen molar-refractivity contribution < 1.29 is 8.42 Å². The summed E-state index contributed by atoms with van der Waals surface area (Å²) in [5, 5.41) is 1.24. The fraction of sp³-hybridized carbons (Fsp3) is 0.333. The summed E-state index contributed by atoms with van der Waals surface area (Å²) in [5.74, 6) is 0. The van der Waals surface area contributed by atoms with E-state index in [2.05, 4.69) is 64.0 Å². The molecular weight excluding hydrogens is 358 g/mol. The van der Waals surface area contributed by atoms with Gasteiger partial charge in [0.15, 0.2) is 0 Å². The van der Waals surface area contributed by atoms with Crippen LogP contribution in [-0.2, 0) is 16.6 Å². The van der Waals surface area contributed by atoms with E-state index in [1.807, 2.05) is 6.07 Å². The normalized spacial score (nSPS) is 18.4. The van der Waals surface area contributed by atoms with Crippen molar-refractivity contribution in [2.24, 2.45) is 0 Å². The first-order valence-electron chi connectivity index (χ1n) is 9.26. The van der Waals surface area contributed by atoms with E-state index < -0.39 is 10.0 Å². The molecule has 5 nitrogen and oxygen atoms in total. The van der Waals surface area contributed by atoms with E-state index in [9.17, 15) is 8.42 Å². The Labute approximate surface area is 160 Å². The molecule has 27 heavy (non-hydrogen) atoms. The second kappa shape index (κ2) is 7.11. The molecule has 0 unspecified atom stereocenters. The molecule has 0 radical (unpaired) electrons. The summed E-state index contributed by atoms with van der Waals surface area (Å²) in [5.41, 5.74) is 6.01. The van der Waals surface area contributed by atoms with Crippen molar-refractivity contribution in [2.75, 3.05) is 19.3 Å². The number of H-pyrrole nitrogens is 1. The minimum atomic E-state index is -3.17. The molecule has 0 saturated carbocycles. The summed E-state index contributed by atoms with van der Waals surface area (Å²) in [6, 6.07) is 16.8. The molecule has 2 N–H and O–H groups in total. The fourth-order valence-electron chi connectivity index (χ4n) is 4.03. The largest absolute Gasteiger partial charge is 0.354 e. The van der Waals surface area contributed by atoms with Crippen LogP contribution in [0.5, 0.6) is 0 Å². The second-order valence-electron chi connectivity index (χ2n) is 7.45. The predicted octanol–water partition coefficient (Wildman–Crippen LogP) is 3.27. The molecule has 2 aromatic carbocycles. The van der Waals surface area contributed by atoms with Gasteiger partial charge in [-0.05, 0) is 30.0 Å². The molecule has 2 heterocycles. The number of aromatic amines is 1. The molecule has 1 saturated heterocycles. The van der Waals surface area contributed by atoms with Crippen LogP contribution in [0.1, 0.15) is 17.5 Å². The predicted molar refractivity (Wildman–Crippen MR) is 110 cm³/mol. The van der Waals surface area contributed by atoms with E-state index in [1.165, 1.54) is 33.8 Å². The van der Waals surface area contributed by atoms with Crippen molar-refractivity contribution in [3.63, 3.8) is 0 Å². The number of aromatic nitrogens is 1. The minimum Gasteiger partial charge on any atom is -0.354 e. The van der Waals surface area contributed by atoms with Gasteiger partial charge in [-0.3, -0.25) is 4.90 Å². The summed E-state index contributed by atoms with van der Waals surface area (Å²) in [4.78, 5) is 5.97. The topological polar surface area (TPSA) is 65.2 Å². The van der Waals surface area contributed by atoms with Gasteiger partial charge in [-0.25, -0.2) is 13.1 Å². The average molecular weight is 384 g/mol. The zero-order chi connectivity index (χ0) is 19.0. The van der Waals surface area contributed by atoms with E-state index in [0.29, 0.717) is 0 Å². The lowest BCUT2D eigenvalue weighted by molar-refractivity contribution is 0.326. The van der Waals surface area contributed by atoms with Crippen molar-refractivity contribution in [2.45, 2.75) is 25.9 Å². The number of benzene rings is 2. The molecule has 6 heteroatoms. The number of para-hydroxylation sites is 1. The lowest BCUT2D eigenvalue weighted by atomic mass is 10.0. The van der Waals surface area contributed by atoms with Gasteiger partial charge in [0.2, 0.25) is 10.0 Å². The number of nitrogens with one attached hydrogen (secondary N) is 2. The van der Waals surface area contributed by atoms with E-state index in [0.717, 1.165) is 31.7 Å². The quantitative estimate of drug-likeness (QED) is 0.711. The van der Waals surface area contributed by atoms with Gasteiger partial charge < -0.3 is 4.98 Å². The maximum absolute atomic E-state index is 11.5. The zero-order valence-electron chi connectivity index (χ0n) is 15.7. The Morgan fingerprint density at radius 2 is 1.93 bits per heavy atom. The number of nitrogens with zero attached hydrogens (tertiary/aromatic N) is 1. The molecule has 142 valence electrons. The molecule has 0 aliphatic carbocycles. The lowest BCUT2D eigenvalue weighted by Crippen LogP contribution is -2.36. The van der Waals surface area contributed by atoms with Crippen molar-refractivity contribution in [1.82, 2.24) is 14.6 Å². The van der Waals surface area contributed by atoms with Crippen LogP contribution in [0.3, 0.4) is 0 Å². The molecule has 0 bridgehead atoms. The van der Waals surface area contributed by atoms with Gasteiger partial charge in [-0.1, -0.05) is 48.5 Å². The molecular formula is C21H25N3O2S. The Morgan fingerprint density at radius 1 is 1.15 bits per heavy atom. The number of fused-ring (bicyclic) bond motifs is 1. The van der Waals surface area contributed by atoms with Crippen LogP contribution in [0.15, 0.2) is 48.5 Å². The van der Waals surface area contributed by atoms with Crippen LogP contribution in [0.4, 0.5) is 0 Å². The zero-order valence-corrected chi connectivity index (χ0v) is 16.5. The lowest BCUT2D eigenvalue weighted by Gasteiger charge is -2.17. The van der Waals surface area contributed by atoms with E-state index in [4.69, 9.17) is 0 Å². The first-order valence-corrected chi connectivity index (χ1v) is 11.1. The molecule has 1 aliphatic heterocycles. The number of aryl methyl sites for hydroxylation is 1. The highest BCUT2D eigenvalue weighted by atomic mass is 32.2. The Balaban J connectivity index is 1.68. The summed E-state index contributed by atoms with van der Waals surface area (Å²) >= 11 is 0. The SMILES string of the molecule is Cc1cccc2c(CN3CC[C@@H](NS(C)(=O)=O)C3)c(-c3ccccc3)[nH]c12. The Hall–Kier alpha value is -2.15. The van der Waals surface area contributed by atoms with Crippen molar-refractivity contribution in [1.29, 1.82) is 0 Å². The van der Waals surface area contributed by atoms with Gasteiger partial charge in [-0.2, -0.15) is 0 Å². The number of sulfonamides is 1. The molecule has 1 aromatic heterocycles. The van der Waals surface area contributed by atoms with Crippen LogP contribution in [0.25, 0.3) is 22.2 Å². The first kappa shape index (κ1) is 18.2. The van der Waals surface area contributed by atoms with Crippen molar-refractivity contribution in [3.05, 3.63) is 59.7 Å². The molecule has 4 rings (SSSR count). The summed E-state index contributed by atoms with van der Waals surface area (Å²) < 4.78 is 25.8. The highest BCUT2D eigenvalue weighted by Crippen LogP contribution is 2.33. The second-order valence-corrected chi connectivity index (χ2v) is 9.23. The van der Waals surface area contributed by atoms with Crippen LogP contribution in [0, 0.1) is 6.92 Å². The third-order valence-corrected chi connectivity index (χ3v) is 6.01. The summed E-state index contributed by atoms with van der Waals surface area (Å²) in [6.07, 6.45) is 2.07.